The van der Waals surface area contributed by atoms with Crippen LogP contribution in [-0.2, 0) is 52.4 Å². The molecule has 1 amide bonds. The van der Waals surface area contributed by atoms with Crippen molar-refractivity contribution in [2.75, 3.05) is 34.5 Å². The molecule has 2 saturated heterocycles. The SMILES string of the molecule is CCOC1CCC(CC(C)C2CC(=O)C(C)/C=C(/C)C(O)C(OC)C(=O)C(C)CC(C)/C=C/C=CC=C(C)C(OC)CC3CCC(C)C(O)(O3)C(=O)C(=O)N3CCCCC3C(=O)O2)CC1OC. The average molecular weight is 942 g/mol. The summed E-state index contributed by atoms with van der Waals surface area (Å²) in [6.07, 6.45) is 12.8. The van der Waals surface area contributed by atoms with Gasteiger partial charge in [-0.1, -0.05) is 71.1 Å². The minimum absolute atomic E-state index is 0.0193. The summed E-state index contributed by atoms with van der Waals surface area (Å²) in [7, 11) is 4.65. The Labute approximate surface area is 400 Å². The zero-order chi connectivity index (χ0) is 49.6. The minimum atomic E-state index is -2.42. The van der Waals surface area contributed by atoms with Crippen molar-refractivity contribution in [3.05, 3.63) is 47.6 Å². The monoisotopic (exact) mass is 942 g/mol. The highest BCUT2D eigenvalue weighted by atomic mass is 16.6. The second-order valence-corrected chi connectivity index (χ2v) is 20.0. The third-order valence-corrected chi connectivity index (χ3v) is 14.8. The van der Waals surface area contributed by atoms with Crippen molar-refractivity contribution in [3.8, 4) is 0 Å². The summed E-state index contributed by atoms with van der Waals surface area (Å²) in [6, 6.07) is -1.12. The van der Waals surface area contributed by atoms with Crippen LogP contribution in [0.1, 0.15) is 132 Å². The number of hydrogen-bond acceptors (Lipinski definition) is 13. The fourth-order valence-corrected chi connectivity index (χ4v) is 10.5. The predicted octanol–water partition coefficient (Wildman–Crippen LogP) is 7.22. The number of aliphatic hydroxyl groups excluding tert-OH is 1. The van der Waals surface area contributed by atoms with Crippen LogP contribution in [0.5, 0.6) is 0 Å². The fourth-order valence-electron chi connectivity index (χ4n) is 10.5. The number of nitrogens with zero attached hydrogens (tertiary/aromatic N) is 1. The van der Waals surface area contributed by atoms with Crippen molar-refractivity contribution in [2.45, 2.75) is 187 Å². The number of methoxy groups -OCH3 is 3. The Morgan fingerprint density at radius 3 is 2.25 bits per heavy atom. The van der Waals surface area contributed by atoms with E-state index < -0.39 is 77.8 Å². The van der Waals surface area contributed by atoms with Gasteiger partial charge in [0, 0.05) is 65.1 Å². The molecule has 2 N–H and O–H groups in total. The maximum atomic E-state index is 14.4. The molecule has 67 heavy (non-hydrogen) atoms. The summed E-state index contributed by atoms with van der Waals surface area (Å²) in [6.45, 7) is 15.4. The summed E-state index contributed by atoms with van der Waals surface area (Å²) in [5.41, 5.74) is 1.29. The molecule has 4 rings (SSSR count). The van der Waals surface area contributed by atoms with E-state index in [2.05, 4.69) is 0 Å². The third kappa shape index (κ3) is 15.1. The number of hydrogen-bond donors (Lipinski definition) is 2. The predicted molar refractivity (Wildman–Crippen MR) is 255 cm³/mol. The maximum Gasteiger partial charge on any atom is 0.329 e. The first-order valence-corrected chi connectivity index (χ1v) is 24.9. The third-order valence-electron chi connectivity index (χ3n) is 14.8. The number of amides is 1. The highest BCUT2D eigenvalue weighted by Crippen LogP contribution is 2.38. The van der Waals surface area contributed by atoms with Gasteiger partial charge in [0.2, 0.25) is 5.79 Å². The lowest BCUT2D eigenvalue weighted by Crippen LogP contribution is -2.61. The van der Waals surface area contributed by atoms with Crippen molar-refractivity contribution in [1.29, 1.82) is 0 Å². The number of fused-ring (bicyclic) bond motifs is 3. The maximum absolute atomic E-state index is 14.4. The molecule has 4 aliphatic rings. The van der Waals surface area contributed by atoms with Crippen molar-refractivity contribution < 1.29 is 62.6 Å². The molecule has 0 aromatic carbocycles. The van der Waals surface area contributed by atoms with Gasteiger partial charge in [0.1, 0.15) is 30.1 Å². The van der Waals surface area contributed by atoms with Gasteiger partial charge in [-0.05, 0) is 114 Å². The lowest BCUT2D eigenvalue weighted by atomic mass is 9.78. The normalized spacial score (nSPS) is 38.3. The molecule has 1 aliphatic carbocycles. The van der Waals surface area contributed by atoms with E-state index in [1.165, 1.54) is 12.0 Å². The van der Waals surface area contributed by atoms with Crippen molar-refractivity contribution in [3.63, 3.8) is 0 Å². The first-order valence-electron chi connectivity index (χ1n) is 24.9. The molecule has 3 heterocycles. The Kier molecular flexibility index (Phi) is 22.3. The van der Waals surface area contributed by atoms with Crippen LogP contribution in [0.25, 0.3) is 0 Å². The molecule has 14 nitrogen and oxygen atoms in total. The van der Waals surface area contributed by atoms with Gasteiger partial charge in [0.05, 0.1) is 24.4 Å². The summed E-state index contributed by atoms with van der Waals surface area (Å²) in [4.78, 5) is 72.1. The number of ketones is 3. The zero-order valence-corrected chi connectivity index (χ0v) is 42.3. The Hall–Kier alpha value is -3.37. The van der Waals surface area contributed by atoms with Crippen LogP contribution < -0.4 is 0 Å². The van der Waals surface area contributed by atoms with E-state index in [4.69, 9.17) is 28.4 Å². The van der Waals surface area contributed by atoms with E-state index in [1.54, 1.807) is 41.1 Å². The van der Waals surface area contributed by atoms with E-state index in [9.17, 15) is 34.2 Å². The minimum Gasteiger partial charge on any atom is -0.460 e. The van der Waals surface area contributed by atoms with Crippen LogP contribution >= 0.6 is 0 Å². The van der Waals surface area contributed by atoms with Crippen LogP contribution in [0.4, 0.5) is 0 Å². The molecule has 15 unspecified atom stereocenters. The molecule has 0 radical (unpaired) electrons. The Morgan fingerprint density at radius 2 is 1.58 bits per heavy atom. The number of carbonyl (C=O) groups is 5. The molecule has 2 bridgehead atoms. The molecule has 0 spiro atoms. The van der Waals surface area contributed by atoms with Crippen LogP contribution in [0.2, 0.25) is 0 Å². The number of piperidine rings is 1. The molecule has 3 fully saturated rings. The molecule has 1 saturated carbocycles. The van der Waals surface area contributed by atoms with Gasteiger partial charge < -0.3 is 43.5 Å². The zero-order valence-electron chi connectivity index (χ0n) is 42.3. The number of carbonyl (C=O) groups excluding carboxylic acids is 5. The molecule has 14 heteroatoms. The standard InChI is InChI=1S/C53H83NO13/c1-12-65-43-24-22-39(29-46(43)63-10)28-35(5)45-31-42(55)34(4)27-37(7)48(57)49(64-11)47(56)36(6)26-32(2)18-14-13-15-19-33(3)44(62-9)30-40-23-21-38(8)53(61,67-40)50(58)51(59)54-25-17-16-20-41(54)52(60)66-45/h13-15,18-19,27,32,34-36,38-41,43-46,48-49,57,61H,12,16-17,20-26,28-31H2,1-11H3/b15-13?,18-14+,33-19?,37-27-. The molecule has 378 valence electrons. The largest absolute Gasteiger partial charge is 0.460 e. The lowest BCUT2D eigenvalue weighted by Gasteiger charge is -2.42. The lowest BCUT2D eigenvalue weighted by molar-refractivity contribution is -0.265. The van der Waals surface area contributed by atoms with Crippen LogP contribution in [0, 0.1) is 35.5 Å². The van der Waals surface area contributed by atoms with Crippen molar-refractivity contribution >= 4 is 29.2 Å². The fraction of sp³-hybridized carbons (Fsp3) is 0.755. The van der Waals surface area contributed by atoms with Crippen molar-refractivity contribution in [2.24, 2.45) is 35.5 Å². The van der Waals surface area contributed by atoms with Crippen LogP contribution in [0.3, 0.4) is 0 Å². The molecule has 0 aromatic heterocycles. The second-order valence-electron chi connectivity index (χ2n) is 20.0. The number of aliphatic hydroxyl groups is 2. The van der Waals surface area contributed by atoms with Gasteiger partial charge in [0.15, 0.2) is 5.78 Å². The van der Waals surface area contributed by atoms with E-state index in [0.29, 0.717) is 57.1 Å². The number of ether oxygens (including phenoxy) is 6. The highest BCUT2D eigenvalue weighted by molar-refractivity contribution is 6.39. The first kappa shape index (κ1) is 56.2. The summed E-state index contributed by atoms with van der Waals surface area (Å²) >= 11 is 0. The topological polar surface area (TPSA) is 184 Å². The summed E-state index contributed by atoms with van der Waals surface area (Å²) in [5, 5.41) is 23.4. The summed E-state index contributed by atoms with van der Waals surface area (Å²) in [5.74, 6) is -7.71. The smallest absolute Gasteiger partial charge is 0.329 e. The number of esters is 1. The first-order chi connectivity index (χ1) is 31.8. The van der Waals surface area contributed by atoms with E-state index in [0.717, 1.165) is 24.8 Å². The highest BCUT2D eigenvalue weighted by Gasteiger charge is 2.53. The van der Waals surface area contributed by atoms with Gasteiger partial charge >= 0.3 is 5.97 Å². The van der Waals surface area contributed by atoms with E-state index in [1.807, 2.05) is 65.0 Å². The molecule has 3 aliphatic heterocycles. The Balaban J connectivity index is 1.70. The summed E-state index contributed by atoms with van der Waals surface area (Å²) < 4.78 is 35.7. The number of rotatable bonds is 8. The van der Waals surface area contributed by atoms with Crippen molar-refractivity contribution in [1.82, 2.24) is 4.90 Å². The Bertz CT molecular complexity index is 1790. The average Bonchev–Trinajstić information content (AvgIpc) is 3.30. The number of cyclic esters (lactones) is 1. The van der Waals surface area contributed by atoms with Gasteiger partial charge in [-0.2, -0.15) is 0 Å². The molecular weight excluding hydrogens is 859 g/mol. The van der Waals surface area contributed by atoms with Gasteiger partial charge in [-0.3, -0.25) is 19.2 Å². The van der Waals surface area contributed by atoms with Crippen LogP contribution in [-0.4, -0.2) is 133 Å². The molecule has 0 aromatic rings. The van der Waals surface area contributed by atoms with Gasteiger partial charge in [-0.25, -0.2) is 4.79 Å². The van der Waals surface area contributed by atoms with E-state index in [-0.39, 0.29) is 60.9 Å². The number of allylic oxidation sites excluding steroid dienone is 6. The molecule has 15 atom stereocenters. The van der Waals surface area contributed by atoms with Crippen LogP contribution in [0.15, 0.2) is 47.6 Å². The Morgan fingerprint density at radius 1 is 0.851 bits per heavy atom. The van der Waals surface area contributed by atoms with E-state index >= 15 is 0 Å². The number of Topliss-reactive ketones (excluding diaryl/α,β-unsaturated/α-hetero) is 3. The van der Waals surface area contributed by atoms with Gasteiger partial charge in [0.25, 0.3) is 11.7 Å². The van der Waals surface area contributed by atoms with Gasteiger partial charge in [-0.15, -0.1) is 0 Å². The molecular formula is C53H83NO13. The second kappa shape index (κ2) is 26.6. The quantitative estimate of drug-likeness (QED) is 0.141.